The van der Waals surface area contributed by atoms with E-state index >= 15 is 0 Å². The van der Waals surface area contributed by atoms with Gasteiger partial charge in [0.1, 0.15) is 5.75 Å². The van der Waals surface area contributed by atoms with Gasteiger partial charge in [0.25, 0.3) is 5.91 Å². The molecule has 1 amide bonds. The monoisotopic (exact) mass is 445 g/mol. The van der Waals surface area contributed by atoms with Crippen LogP contribution in [0.3, 0.4) is 0 Å². The number of ether oxygens (including phenoxy) is 1. The van der Waals surface area contributed by atoms with Gasteiger partial charge in [0, 0.05) is 36.6 Å². The lowest BCUT2D eigenvalue weighted by Crippen LogP contribution is -2.39. The van der Waals surface area contributed by atoms with Crippen molar-refractivity contribution < 1.29 is 9.53 Å². The van der Waals surface area contributed by atoms with Crippen LogP contribution in [0.5, 0.6) is 5.75 Å². The molecule has 1 aliphatic rings. The van der Waals surface area contributed by atoms with Crippen LogP contribution < -0.4 is 10.1 Å². The van der Waals surface area contributed by atoms with Crippen LogP contribution in [0.1, 0.15) is 48.7 Å². The lowest BCUT2D eigenvalue weighted by Gasteiger charge is -2.33. The molecule has 0 spiro atoms. The third-order valence-electron chi connectivity index (χ3n) is 6.72. The average molecular weight is 446 g/mol. The molecule has 1 atom stereocenters. The Bertz CT molecular complexity index is 1070. The maximum atomic E-state index is 13.2. The van der Waals surface area contributed by atoms with E-state index in [-0.39, 0.29) is 5.91 Å². The molecule has 0 saturated carbocycles. The van der Waals surface area contributed by atoms with Gasteiger partial charge in [-0.05, 0) is 63.4 Å². The van der Waals surface area contributed by atoms with Crippen LogP contribution in [-0.2, 0) is 0 Å². The van der Waals surface area contributed by atoms with Crippen molar-refractivity contribution in [2.24, 2.45) is 0 Å². The molecule has 0 radical (unpaired) electrons. The second kappa shape index (κ2) is 10.7. The number of hydrogen-bond donors (Lipinski definition) is 1. The van der Waals surface area contributed by atoms with Gasteiger partial charge < -0.3 is 19.5 Å². The standard InChI is InChI=1S/C28H35N3O2/c1-21-11-7-8-17-30(21)18-10-16-29-28(32)26-20-27(23-12-5-4-6-13-23)31(22(26)2)24-14-9-15-25(19-24)33-3/h4-6,9,12-15,19-21H,7-8,10-11,16-18H2,1-3H3,(H,29,32). The van der Waals surface area contributed by atoms with Crippen LogP contribution in [-0.4, -0.2) is 48.2 Å². The van der Waals surface area contributed by atoms with E-state index in [4.69, 9.17) is 4.74 Å². The van der Waals surface area contributed by atoms with E-state index in [1.165, 1.54) is 25.8 Å². The number of carbonyl (C=O) groups is 1. The fraction of sp³-hybridized carbons (Fsp3) is 0.393. The predicted molar refractivity (Wildman–Crippen MR) is 134 cm³/mol. The number of nitrogens with one attached hydrogen (secondary N) is 1. The summed E-state index contributed by atoms with van der Waals surface area (Å²) in [7, 11) is 1.67. The normalized spacial score (nSPS) is 16.5. The van der Waals surface area contributed by atoms with Gasteiger partial charge in [-0.15, -0.1) is 0 Å². The molecule has 0 aliphatic carbocycles. The van der Waals surface area contributed by atoms with Crippen molar-refractivity contribution >= 4 is 5.91 Å². The summed E-state index contributed by atoms with van der Waals surface area (Å²) in [5.41, 5.74) is 4.67. The number of rotatable bonds is 8. The van der Waals surface area contributed by atoms with Crippen molar-refractivity contribution in [1.82, 2.24) is 14.8 Å². The molecule has 5 heteroatoms. The highest BCUT2D eigenvalue weighted by Crippen LogP contribution is 2.30. The van der Waals surface area contributed by atoms with Crippen LogP contribution in [0.4, 0.5) is 0 Å². The minimum Gasteiger partial charge on any atom is -0.497 e. The first kappa shape index (κ1) is 23.1. The molecule has 174 valence electrons. The van der Waals surface area contributed by atoms with E-state index in [0.29, 0.717) is 18.2 Å². The average Bonchev–Trinajstić information content (AvgIpc) is 3.20. The first-order chi connectivity index (χ1) is 16.1. The van der Waals surface area contributed by atoms with Gasteiger partial charge >= 0.3 is 0 Å². The van der Waals surface area contributed by atoms with Gasteiger partial charge in [-0.1, -0.05) is 42.8 Å². The molecule has 1 fully saturated rings. The molecule has 4 rings (SSSR count). The highest BCUT2D eigenvalue weighted by atomic mass is 16.5. The maximum absolute atomic E-state index is 13.2. The number of amides is 1. The van der Waals surface area contributed by atoms with Gasteiger partial charge in [-0.3, -0.25) is 4.79 Å². The summed E-state index contributed by atoms with van der Waals surface area (Å²) >= 11 is 0. The van der Waals surface area contributed by atoms with E-state index < -0.39 is 0 Å². The molecule has 1 unspecified atom stereocenters. The first-order valence-corrected chi connectivity index (χ1v) is 12.0. The molecule has 1 N–H and O–H groups in total. The molecule has 3 aromatic rings. The minimum atomic E-state index is -0.0157. The van der Waals surface area contributed by atoms with Crippen LogP contribution >= 0.6 is 0 Å². The second-order valence-corrected chi connectivity index (χ2v) is 8.92. The zero-order valence-electron chi connectivity index (χ0n) is 20.0. The number of carbonyl (C=O) groups excluding carboxylic acids is 1. The molecule has 33 heavy (non-hydrogen) atoms. The first-order valence-electron chi connectivity index (χ1n) is 12.0. The number of hydrogen-bond acceptors (Lipinski definition) is 3. The maximum Gasteiger partial charge on any atom is 0.253 e. The summed E-state index contributed by atoms with van der Waals surface area (Å²) in [5.74, 6) is 0.774. The molecule has 1 aliphatic heterocycles. The highest BCUT2D eigenvalue weighted by Gasteiger charge is 2.21. The van der Waals surface area contributed by atoms with Crippen LogP contribution in [0, 0.1) is 6.92 Å². The number of benzene rings is 2. The summed E-state index contributed by atoms with van der Waals surface area (Å²) in [6, 6.07) is 20.8. The Labute approximate surface area is 197 Å². The lowest BCUT2D eigenvalue weighted by atomic mass is 10.0. The molecule has 2 heterocycles. The van der Waals surface area contributed by atoms with Gasteiger partial charge in [0.2, 0.25) is 0 Å². The fourth-order valence-corrected chi connectivity index (χ4v) is 4.81. The van der Waals surface area contributed by atoms with Crippen molar-refractivity contribution in [3.8, 4) is 22.7 Å². The topological polar surface area (TPSA) is 46.5 Å². The zero-order chi connectivity index (χ0) is 23.2. The fourth-order valence-electron chi connectivity index (χ4n) is 4.81. The molecular formula is C28H35N3O2. The van der Waals surface area contributed by atoms with E-state index in [2.05, 4.69) is 33.8 Å². The smallest absolute Gasteiger partial charge is 0.253 e. The number of nitrogens with zero attached hydrogens (tertiary/aromatic N) is 2. The highest BCUT2D eigenvalue weighted by molar-refractivity contribution is 5.97. The third kappa shape index (κ3) is 5.31. The SMILES string of the molecule is COc1cccc(-n2c(-c3ccccc3)cc(C(=O)NCCCN3CCCCC3C)c2C)c1. The van der Waals surface area contributed by atoms with E-state index in [1.807, 2.05) is 55.5 Å². The number of piperidine rings is 1. The van der Waals surface area contributed by atoms with Crippen molar-refractivity contribution in [3.05, 3.63) is 71.9 Å². The lowest BCUT2D eigenvalue weighted by molar-refractivity contribution is 0.0948. The largest absolute Gasteiger partial charge is 0.497 e. The Hall–Kier alpha value is -3.05. The Morgan fingerprint density at radius 2 is 1.91 bits per heavy atom. The molecule has 1 saturated heterocycles. The molecule has 2 aromatic carbocycles. The number of likely N-dealkylation sites (tertiary alicyclic amines) is 1. The second-order valence-electron chi connectivity index (χ2n) is 8.92. The van der Waals surface area contributed by atoms with Crippen molar-refractivity contribution in [2.45, 2.75) is 45.6 Å². The molecule has 0 bridgehead atoms. The minimum absolute atomic E-state index is 0.0157. The quantitative estimate of drug-likeness (QED) is 0.469. The van der Waals surface area contributed by atoms with E-state index in [9.17, 15) is 4.79 Å². The Morgan fingerprint density at radius 3 is 2.67 bits per heavy atom. The van der Waals surface area contributed by atoms with Crippen molar-refractivity contribution in [1.29, 1.82) is 0 Å². The summed E-state index contributed by atoms with van der Waals surface area (Å²) in [6.45, 7) is 7.23. The third-order valence-corrected chi connectivity index (χ3v) is 6.72. The number of methoxy groups -OCH3 is 1. The summed E-state index contributed by atoms with van der Waals surface area (Å²) in [6.07, 6.45) is 4.88. The van der Waals surface area contributed by atoms with Gasteiger partial charge in [0.05, 0.1) is 18.4 Å². The predicted octanol–water partition coefficient (Wildman–Crippen LogP) is 5.46. The summed E-state index contributed by atoms with van der Waals surface area (Å²) < 4.78 is 7.58. The van der Waals surface area contributed by atoms with Crippen LogP contribution in [0.2, 0.25) is 0 Å². The van der Waals surface area contributed by atoms with Gasteiger partial charge in [0.15, 0.2) is 0 Å². The summed E-state index contributed by atoms with van der Waals surface area (Å²) in [5, 5.41) is 3.16. The van der Waals surface area contributed by atoms with Gasteiger partial charge in [-0.2, -0.15) is 0 Å². The van der Waals surface area contributed by atoms with Gasteiger partial charge in [-0.25, -0.2) is 0 Å². The van der Waals surface area contributed by atoms with E-state index in [1.54, 1.807) is 7.11 Å². The summed E-state index contributed by atoms with van der Waals surface area (Å²) in [4.78, 5) is 15.7. The molecular weight excluding hydrogens is 410 g/mol. The van der Waals surface area contributed by atoms with Crippen molar-refractivity contribution in [3.63, 3.8) is 0 Å². The Balaban J connectivity index is 1.54. The van der Waals surface area contributed by atoms with Crippen LogP contribution in [0.15, 0.2) is 60.7 Å². The Morgan fingerprint density at radius 1 is 1.09 bits per heavy atom. The molecule has 5 nitrogen and oxygen atoms in total. The van der Waals surface area contributed by atoms with Crippen LogP contribution in [0.25, 0.3) is 16.9 Å². The number of aromatic nitrogens is 1. The Kier molecular flexibility index (Phi) is 7.50. The van der Waals surface area contributed by atoms with Crippen molar-refractivity contribution in [2.75, 3.05) is 26.7 Å². The van der Waals surface area contributed by atoms with E-state index in [0.717, 1.165) is 41.4 Å². The zero-order valence-corrected chi connectivity index (χ0v) is 20.0. The molecule has 1 aromatic heterocycles.